The molecule has 6 nitrogen and oxygen atoms in total. The number of anilines is 1. The van der Waals surface area contributed by atoms with Crippen LogP contribution in [-0.2, 0) is 4.79 Å². The van der Waals surface area contributed by atoms with Gasteiger partial charge in [0, 0.05) is 30.4 Å². The van der Waals surface area contributed by atoms with E-state index in [0.717, 1.165) is 0 Å². The molecule has 21 heavy (non-hydrogen) atoms. The maximum atomic E-state index is 12.1. The van der Waals surface area contributed by atoms with Gasteiger partial charge in [-0.05, 0) is 32.9 Å². The molecule has 2 amide bonds. The highest BCUT2D eigenvalue weighted by Crippen LogP contribution is 2.18. The molecule has 6 heteroatoms. The topological polar surface area (TPSA) is 84.7 Å². The van der Waals surface area contributed by atoms with Gasteiger partial charge < -0.3 is 20.7 Å². The summed E-state index contributed by atoms with van der Waals surface area (Å²) in [5.41, 5.74) is 6.57. The average Bonchev–Trinajstić information content (AvgIpc) is 2.45. The van der Waals surface area contributed by atoms with Gasteiger partial charge in [-0.25, -0.2) is 0 Å². The Kier molecular flexibility index (Phi) is 6.52. The summed E-state index contributed by atoms with van der Waals surface area (Å²) in [7, 11) is 0. The van der Waals surface area contributed by atoms with Crippen molar-refractivity contribution >= 4 is 17.5 Å². The van der Waals surface area contributed by atoms with E-state index in [4.69, 9.17) is 10.5 Å². The predicted molar refractivity (Wildman–Crippen MR) is 82.3 cm³/mol. The van der Waals surface area contributed by atoms with Crippen molar-refractivity contribution in [2.45, 2.75) is 20.8 Å². The van der Waals surface area contributed by atoms with Crippen LogP contribution in [0.4, 0.5) is 5.69 Å². The van der Waals surface area contributed by atoms with Gasteiger partial charge in [-0.3, -0.25) is 9.59 Å². The Morgan fingerprint density at radius 3 is 2.43 bits per heavy atom. The Balaban J connectivity index is 2.69. The van der Waals surface area contributed by atoms with Crippen LogP contribution < -0.4 is 15.8 Å². The van der Waals surface area contributed by atoms with E-state index in [1.165, 1.54) is 0 Å². The molecule has 1 aromatic carbocycles. The Morgan fingerprint density at radius 2 is 1.86 bits per heavy atom. The number of ether oxygens (including phenoxy) is 1. The van der Waals surface area contributed by atoms with E-state index >= 15 is 0 Å². The number of nitrogens with one attached hydrogen (secondary N) is 1. The Labute approximate surface area is 125 Å². The lowest BCUT2D eigenvalue weighted by Gasteiger charge is -2.18. The average molecular weight is 293 g/mol. The van der Waals surface area contributed by atoms with E-state index in [1.807, 2.05) is 20.8 Å². The van der Waals surface area contributed by atoms with E-state index < -0.39 is 0 Å². The highest BCUT2D eigenvalue weighted by molar-refractivity contribution is 5.97. The molecule has 0 unspecified atom stereocenters. The lowest BCUT2D eigenvalue weighted by Crippen LogP contribution is -2.40. The van der Waals surface area contributed by atoms with Crippen LogP contribution in [0.25, 0.3) is 0 Å². The molecule has 0 aliphatic rings. The largest absolute Gasteiger partial charge is 0.494 e. The van der Waals surface area contributed by atoms with Crippen molar-refractivity contribution in [1.29, 1.82) is 0 Å². The predicted octanol–water partition coefficient (Wildman–Crippen LogP) is 1.27. The zero-order valence-corrected chi connectivity index (χ0v) is 12.8. The van der Waals surface area contributed by atoms with Crippen LogP contribution in [0.1, 0.15) is 31.1 Å². The van der Waals surface area contributed by atoms with Gasteiger partial charge in [-0.2, -0.15) is 0 Å². The first-order valence-electron chi connectivity index (χ1n) is 7.11. The summed E-state index contributed by atoms with van der Waals surface area (Å²) in [6, 6.07) is 4.82. The van der Waals surface area contributed by atoms with Crippen LogP contribution in [0.15, 0.2) is 18.2 Å². The molecule has 0 bridgehead atoms. The van der Waals surface area contributed by atoms with E-state index in [0.29, 0.717) is 36.7 Å². The summed E-state index contributed by atoms with van der Waals surface area (Å²) in [6.45, 7) is 7.36. The van der Waals surface area contributed by atoms with Crippen LogP contribution in [0, 0.1) is 0 Å². The summed E-state index contributed by atoms with van der Waals surface area (Å²) in [5, 5.41) is 2.60. The highest BCUT2D eigenvalue weighted by Gasteiger charge is 2.13. The molecular formula is C15H23N3O3. The van der Waals surface area contributed by atoms with Gasteiger partial charge in [0.05, 0.1) is 13.2 Å². The SMILES string of the molecule is CCOc1cc(N)cc(C(=O)NCC(=O)N(CC)CC)c1. The Morgan fingerprint density at radius 1 is 1.19 bits per heavy atom. The number of likely N-dealkylation sites (N-methyl/N-ethyl adjacent to an activating group) is 1. The van der Waals surface area contributed by atoms with E-state index in [9.17, 15) is 9.59 Å². The Bertz CT molecular complexity index is 499. The number of nitrogen functional groups attached to an aromatic ring is 1. The summed E-state index contributed by atoms with van der Waals surface area (Å²) in [6.07, 6.45) is 0. The Hall–Kier alpha value is -2.24. The van der Waals surface area contributed by atoms with Gasteiger partial charge in [0.1, 0.15) is 5.75 Å². The molecule has 0 aliphatic heterocycles. The molecular weight excluding hydrogens is 270 g/mol. The molecule has 0 radical (unpaired) electrons. The first kappa shape index (κ1) is 16.8. The van der Waals surface area contributed by atoms with Crippen molar-refractivity contribution < 1.29 is 14.3 Å². The second-order valence-electron chi connectivity index (χ2n) is 4.47. The van der Waals surface area contributed by atoms with Crippen LogP contribution >= 0.6 is 0 Å². The number of nitrogens with two attached hydrogens (primary N) is 1. The molecule has 0 aliphatic carbocycles. The van der Waals surface area contributed by atoms with Crippen LogP contribution in [-0.4, -0.2) is 43.0 Å². The molecule has 0 aromatic heterocycles. The number of nitrogens with zero attached hydrogens (tertiary/aromatic N) is 1. The first-order chi connectivity index (χ1) is 10.0. The van der Waals surface area contributed by atoms with Gasteiger partial charge in [-0.15, -0.1) is 0 Å². The summed E-state index contributed by atoms with van der Waals surface area (Å²) < 4.78 is 5.34. The smallest absolute Gasteiger partial charge is 0.251 e. The molecule has 1 rings (SSSR count). The molecule has 0 spiro atoms. The van der Waals surface area contributed by atoms with Crippen molar-refractivity contribution in [3.05, 3.63) is 23.8 Å². The standard InChI is InChI=1S/C15H23N3O3/c1-4-18(5-2)14(19)10-17-15(20)11-7-12(16)9-13(8-11)21-6-3/h7-9H,4-6,10,16H2,1-3H3,(H,17,20). The second-order valence-corrected chi connectivity index (χ2v) is 4.47. The van der Waals surface area contributed by atoms with E-state index in [-0.39, 0.29) is 18.4 Å². The van der Waals surface area contributed by atoms with Gasteiger partial charge in [0.25, 0.3) is 5.91 Å². The number of rotatable bonds is 7. The summed E-state index contributed by atoms with van der Waals surface area (Å²) in [4.78, 5) is 25.6. The minimum absolute atomic E-state index is 0.0285. The molecule has 0 saturated heterocycles. The summed E-state index contributed by atoms with van der Waals surface area (Å²) >= 11 is 0. The van der Waals surface area contributed by atoms with Crippen LogP contribution in [0.2, 0.25) is 0 Å². The molecule has 3 N–H and O–H groups in total. The molecule has 0 saturated carbocycles. The number of carbonyl (C=O) groups is 2. The third kappa shape index (κ3) is 4.98. The molecule has 0 fully saturated rings. The van der Waals surface area contributed by atoms with E-state index in [1.54, 1.807) is 23.1 Å². The number of amides is 2. The van der Waals surface area contributed by atoms with Crippen molar-refractivity contribution in [3.8, 4) is 5.75 Å². The number of hydrogen-bond acceptors (Lipinski definition) is 4. The maximum Gasteiger partial charge on any atom is 0.251 e. The van der Waals surface area contributed by atoms with Gasteiger partial charge >= 0.3 is 0 Å². The van der Waals surface area contributed by atoms with Gasteiger partial charge in [-0.1, -0.05) is 0 Å². The van der Waals surface area contributed by atoms with Crippen LogP contribution in [0.5, 0.6) is 5.75 Å². The molecule has 1 aromatic rings. The van der Waals surface area contributed by atoms with Crippen molar-refractivity contribution in [2.24, 2.45) is 0 Å². The van der Waals surface area contributed by atoms with Crippen molar-refractivity contribution in [3.63, 3.8) is 0 Å². The van der Waals surface area contributed by atoms with Gasteiger partial charge in [0.2, 0.25) is 5.91 Å². The quantitative estimate of drug-likeness (QED) is 0.741. The molecule has 0 heterocycles. The second kappa shape index (κ2) is 8.14. The molecule has 116 valence electrons. The minimum Gasteiger partial charge on any atom is -0.494 e. The maximum absolute atomic E-state index is 12.1. The monoisotopic (exact) mass is 293 g/mol. The minimum atomic E-state index is -0.344. The zero-order valence-electron chi connectivity index (χ0n) is 12.8. The first-order valence-corrected chi connectivity index (χ1v) is 7.11. The molecule has 0 atom stereocenters. The number of benzene rings is 1. The number of hydrogen-bond donors (Lipinski definition) is 2. The zero-order chi connectivity index (χ0) is 15.8. The fourth-order valence-electron chi connectivity index (χ4n) is 1.95. The fourth-order valence-corrected chi connectivity index (χ4v) is 1.95. The third-order valence-electron chi connectivity index (χ3n) is 3.02. The lowest BCUT2D eigenvalue weighted by atomic mass is 10.1. The highest BCUT2D eigenvalue weighted by atomic mass is 16.5. The summed E-state index contributed by atoms with van der Waals surface area (Å²) in [5.74, 6) is 0.0868. The van der Waals surface area contributed by atoms with Crippen molar-refractivity contribution in [2.75, 3.05) is 32.0 Å². The third-order valence-corrected chi connectivity index (χ3v) is 3.02. The van der Waals surface area contributed by atoms with Crippen LogP contribution in [0.3, 0.4) is 0 Å². The van der Waals surface area contributed by atoms with E-state index in [2.05, 4.69) is 5.32 Å². The van der Waals surface area contributed by atoms with Crippen molar-refractivity contribution in [1.82, 2.24) is 10.2 Å². The number of carbonyl (C=O) groups excluding carboxylic acids is 2. The lowest BCUT2D eigenvalue weighted by molar-refractivity contribution is -0.129. The van der Waals surface area contributed by atoms with Gasteiger partial charge in [0.15, 0.2) is 0 Å². The normalized spacial score (nSPS) is 10.0. The fraction of sp³-hybridized carbons (Fsp3) is 0.467.